The van der Waals surface area contributed by atoms with Crippen LogP contribution in [0.5, 0.6) is 0 Å². The number of nitrogens with zero attached hydrogens (tertiary/aromatic N) is 2. The number of fused-ring (bicyclic) bond motifs is 1. The summed E-state index contributed by atoms with van der Waals surface area (Å²) in [6.45, 7) is 2.24. The number of benzene rings is 3. The van der Waals surface area contributed by atoms with Gasteiger partial charge in [-0.05, 0) is 58.4 Å². The highest BCUT2D eigenvalue weighted by Crippen LogP contribution is 2.44. The molecule has 1 heterocycles. The van der Waals surface area contributed by atoms with Crippen LogP contribution in [0.4, 0.5) is 11.4 Å². The van der Waals surface area contributed by atoms with Crippen molar-refractivity contribution in [3.05, 3.63) is 150 Å². The monoisotopic (exact) mass is 480 g/mol. The molecule has 0 N–H and O–H groups in total. The maximum absolute atomic E-state index is 2.49. The third-order valence-electron chi connectivity index (χ3n) is 7.41. The van der Waals surface area contributed by atoms with Gasteiger partial charge in [-0.3, -0.25) is 0 Å². The van der Waals surface area contributed by atoms with Crippen LogP contribution < -0.4 is 9.80 Å². The lowest BCUT2D eigenvalue weighted by molar-refractivity contribution is 0.747. The summed E-state index contributed by atoms with van der Waals surface area (Å²) in [5.74, 6) is 0.384. The van der Waals surface area contributed by atoms with Gasteiger partial charge in [0.15, 0.2) is 0 Å². The van der Waals surface area contributed by atoms with Crippen LogP contribution in [0.25, 0.3) is 16.7 Å². The van der Waals surface area contributed by atoms with Gasteiger partial charge in [0.2, 0.25) is 0 Å². The average Bonchev–Trinajstić information content (AvgIpc) is 3.14. The van der Waals surface area contributed by atoms with E-state index in [4.69, 9.17) is 0 Å². The predicted octanol–water partition coefficient (Wildman–Crippen LogP) is 8.55. The molecule has 182 valence electrons. The molecule has 1 aliphatic heterocycles. The van der Waals surface area contributed by atoms with Crippen LogP contribution in [-0.2, 0) is 0 Å². The summed E-state index contributed by atoms with van der Waals surface area (Å²) in [7, 11) is 2.21. The number of rotatable bonds is 4. The molecule has 3 aromatic carbocycles. The molecule has 0 bridgehead atoms. The fourth-order valence-electron chi connectivity index (χ4n) is 5.53. The lowest BCUT2D eigenvalue weighted by atomic mass is 9.99. The summed E-state index contributed by atoms with van der Waals surface area (Å²) >= 11 is 0. The molecule has 6 rings (SSSR count). The minimum absolute atomic E-state index is 0.100. The molecule has 2 aliphatic carbocycles. The molecule has 3 aliphatic rings. The Kier molecular flexibility index (Phi) is 6.24. The van der Waals surface area contributed by atoms with Crippen molar-refractivity contribution in [2.45, 2.75) is 19.5 Å². The molecule has 0 amide bonds. The SMILES string of the molecule is CC1C=CC=CC(N2c3ccccc3N(C)C2C2=CCC=C(c3ccc(-c4ccccc4)cc3)C=C2)=C1. The Hall–Kier alpha value is -4.30. The van der Waals surface area contributed by atoms with Crippen molar-refractivity contribution in [2.75, 3.05) is 16.8 Å². The second-order valence-electron chi connectivity index (χ2n) is 9.91. The Morgan fingerprint density at radius 1 is 0.676 bits per heavy atom. The van der Waals surface area contributed by atoms with Crippen LogP contribution in [0.15, 0.2) is 145 Å². The molecular weight excluding hydrogens is 448 g/mol. The van der Waals surface area contributed by atoms with Crippen molar-refractivity contribution in [1.29, 1.82) is 0 Å². The second-order valence-corrected chi connectivity index (χ2v) is 9.91. The third-order valence-corrected chi connectivity index (χ3v) is 7.41. The zero-order chi connectivity index (χ0) is 25.2. The lowest BCUT2D eigenvalue weighted by Gasteiger charge is -2.33. The van der Waals surface area contributed by atoms with Crippen molar-refractivity contribution >= 4 is 16.9 Å². The normalized spacial score (nSPS) is 20.6. The minimum Gasteiger partial charge on any atom is -0.349 e. The van der Waals surface area contributed by atoms with Gasteiger partial charge in [0.25, 0.3) is 0 Å². The van der Waals surface area contributed by atoms with Crippen molar-refractivity contribution in [3.63, 3.8) is 0 Å². The van der Waals surface area contributed by atoms with Gasteiger partial charge < -0.3 is 9.80 Å². The molecule has 2 unspecified atom stereocenters. The van der Waals surface area contributed by atoms with E-state index in [-0.39, 0.29) is 6.17 Å². The van der Waals surface area contributed by atoms with Gasteiger partial charge in [0.1, 0.15) is 6.17 Å². The summed E-state index contributed by atoms with van der Waals surface area (Å²) in [4.78, 5) is 4.90. The smallest absolute Gasteiger partial charge is 0.132 e. The molecule has 0 radical (unpaired) electrons. The molecule has 3 aromatic rings. The maximum atomic E-state index is 2.49. The van der Waals surface area contributed by atoms with Crippen LogP contribution >= 0.6 is 0 Å². The first-order valence-corrected chi connectivity index (χ1v) is 13.1. The Labute approximate surface area is 220 Å². The number of hydrogen-bond acceptors (Lipinski definition) is 2. The quantitative estimate of drug-likeness (QED) is 0.369. The first-order valence-electron chi connectivity index (χ1n) is 13.1. The van der Waals surface area contributed by atoms with Gasteiger partial charge in [-0.15, -0.1) is 0 Å². The first kappa shape index (κ1) is 23.1. The minimum atomic E-state index is 0.100. The molecule has 0 saturated heterocycles. The van der Waals surface area contributed by atoms with Crippen LogP contribution in [0.1, 0.15) is 18.9 Å². The molecule has 0 spiro atoms. The lowest BCUT2D eigenvalue weighted by Crippen LogP contribution is -2.41. The summed E-state index contributed by atoms with van der Waals surface area (Å²) in [5, 5.41) is 0. The van der Waals surface area contributed by atoms with Gasteiger partial charge in [-0.2, -0.15) is 0 Å². The molecule has 37 heavy (non-hydrogen) atoms. The Balaban J connectivity index is 1.30. The number of hydrogen-bond donors (Lipinski definition) is 0. The predicted molar refractivity (Wildman–Crippen MR) is 158 cm³/mol. The fourth-order valence-corrected chi connectivity index (χ4v) is 5.53. The number of para-hydroxylation sites is 2. The second kappa shape index (κ2) is 9.99. The molecule has 0 fully saturated rings. The van der Waals surface area contributed by atoms with Crippen molar-refractivity contribution in [2.24, 2.45) is 5.92 Å². The topological polar surface area (TPSA) is 6.48 Å². The molecule has 2 nitrogen and oxygen atoms in total. The highest BCUT2D eigenvalue weighted by atomic mass is 15.4. The van der Waals surface area contributed by atoms with E-state index in [1.165, 1.54) is 44.9 Å². The number of likely N-dealkylation sites (N-methyl/N-ethyl adjacent to an activating group) is 1. The first-order chi connectivity index (χ1) is 18.2. The van der Waals surface area contributed by atoms with Crippen molar-refractivity contribution in [3.8, 4) is 11.1 Å². The molecule has 2 atom stereocenters. The largest absolute Gasteiger partial charge is 0.349 e. The van der Waals surface area contributed by atoms with Crippen LogP contribution in [0.2, 0.25) is 0 Å². The fraction of sp³-hybridized carbons (Fsp3) is 0.143. The van der Waals surface area contributed by atoms with Crippen LogP contribution in [0, 0.1) is 5.92 Å². The Bertz CT molecular complexity index is 1470. The summed E-state index contributed by atoms with van der Waals surface area (Å²) in [5.41, 5.74) is 10.1. The van der Waals surface area contributed by atoms with Gasteiger partial charge >= 0.3 is 0 Å². The zero-order valence-electron chi connectivity index (χ0n) is 21.5. The maximum Gasteiger partial charge on any atom is 0.132 e. The van der Waals surface area contributed by atoms with E-state index in [2.05, 4.69) is 157 Å². The van der Waals surface area contributed by atoms with Gasteiger partial charge in [0, 0.05) is 12.7 Å². The van der Waals surface area contributed by atoms with E-state index >= 15 is 0 Å². The highest BCUT2D eigenvalue weighted by Gasteiger charge is 2.36. The summed E-state index contributed by atoms with van der Waals surface area (Å²) in [6.07, 6.45) is 21.5. The van der Waals surface area contributed by atoms with E-state index in [9.17, 15) is 0 Å². The van der Waals surface area contributed by atoms with Gasteiger partial charge in [-0.1, -0.05) is 122 Å². The van der Waals surface area contributed by atoms with Crippen molar-refractivity contribution < 1.29 is 0 Å². The highest BCUT2D eigenvalue weighted by molar-refractivity contribution is 5.83. The summed E-state index contributed by atoms with van der Waals surface area (Å²) in [6, 6.07) is 28.2. The Morgan fingerprint density at radius 2 is 1.38 bits per heavy atom. The zero-order valence-corrected chi connectivity index (χ0v) is 21.5. The standard InChI is InChI=1S/C35H32N2/c1-26-11-6-7-16-32(25-26)37-34-18-9-8-17-33(34)36(2)35(37)31-15-10-14-28(23-24-31)30-21-19-29(20-22-30)27-12-4-3-5-13-27/h3-9,11-26,35H,10H2,1-2H3. The van der Waals surface area contributed by atoms with E-state index in [1.807, 2.05) is 0 Å². The van der Waals surface area contributed by atoms with Crippen molar-refractivity contribution in [1.82, 2.24) is 0 Å². The van der Waals surface area contributed by atoms with E-state index in [0.717, 1.165) is 6.42 Å². The molecular formula is C35H32N2. The van der Waals surface area contributed by atoms with E-state index in [1.54, 1.807) is 0 Å². The van der Waals surface area contributed by atoms with Gasteiger partial charge in [0.05, 0.1) is 11.4 Å². The van der Waals surface area contributed by atoms with Gasteiger partial charge in [-0.25, -0.2) is 0 Å². The molecule has 2 heteroatoms. The number of allylic oxidation sites excluding steroid dienone is 9. The Morgan fingerprint density at radius 3 is 2.19 bits per heavy atom. The number of anilines is 2. The molecule has 0 aromatic heterocycles. The summed E-state index contributed by atoms with van der Waals surface area (Å²) < 4.78 is 0. The third kappa shape index (κ3) is 4.51. The molecule has 0 saturated carbocycles. The van der Waals surface area contributed by atoms with E-state index in [0.29, 0.717) is 5.92 Å². The van der Waals surface area contributed by atoms with Crippen LogP contribution in [0.3, 0.4) is 0 Å². The van der Waals surface area contributed by atoms with Crippen LogP contribution in [-0.4, -0.2) is 13.2 Å². The average molecular weight is 481 g/mol. The van der Waals surface area contributed by atoms with E-state index < -0.39 is 0 Å².